The lowest BCUT2D eigenvalue weighted by Gasteiger charge is -2.36. The number of methoxy groups -OCH3 is 1. The van der Waals surface area contributed by atoms with Gasteiger partial charge >= 0.3 is 5.92 Å². The van der Waals surface area contributed by atoms with Gasteiger partial charge in [0.15, 0.2) is 5.84 Å². The minimum absolute atomic E-state index is 0.0748. The number of rotatable bonds is 7. The SMILES string of the molecule is C=C(/N=C1\C(=C/N)N(C)C(=O)C(F)(F)CN1C1CCCCC1)Nc1ccc(C(=O)NC2CCNC2)cc1OC. The van der Waals surface area contributed by atoms with Gasteiger partial charge in [-0.15, -0.1) is 0 Å². The smallest absolute Gasteiger partial charge is 0.342 e. The molecule has 5 N–H and O–H groups in total. The molecule has 0 radical (unpaired) electrons. The van der Waals surface area contributed by atoms with Crippen LogP contribution in [0.2, 0.25) is 0 Å². The number of carbonyl (C=O) groups excluding carboxylic acids is 2. The molecule has 39 heavy (non-hydrogen) atoms. The van der Waals surface area contributed by atoms with E-state index in [0.29, 0.717) is 29.8 Å². The van der Waals surface area contributed by atoms with Crippen molar-refractivity contribution in [2.75, 3.05) is 39.1 Å². The van der Waals surface area contributed by atoms with Crippen LogP contribution in [0.15, 0.2) is 47.5 Å². The zero-order valence-corrected chi connectivity index (χ0v) is 22.4. The van der Waals surface area contributed by atoms with Gasteiger partial charge in [0.1, 0.15) is 17.3 Å². The van der Waals surface area contributed by atoms with E-state index in [2.05, 4.69) is 27.5 Å². The quantitative estimate of drug-likeness (QED) is 0.415. The molecule has 2 aliphatic heterocycles. The molecular formula is C27H37F2N7O3. The topological polar surface area (TPSA) is 124 Å². The zero-order valence-electron chi connectivity index (χ0n) is 22.4. The summed E-state index contributed by atoms with van der Waals surface area (Å²) in [5.41, 5.74) is 6.85. The number of hydrogen-bond donors (Lipinski definition) is 4. The van der Waals surface area contributed by atoms with Gasteiger partial charge < -0.3 is 36.2 Å². The number of carbonyl (C=O) groups is 2. The summed E-state index contributed by atoms with van der Waals surface area (Å²) in [6.07, 6.45) is 6.24. The number of ether oxygens (including phenoxy) is 1. The van der Waals surface area contributed by atoms with Crippen molar-refractivity contribution < 1.29 is 23.1 Å². The van der Waals surface area contributed by atoms with Crippen LogP contribution in [0.3, 0.4) is 0 Å². The summed E-state index contributed by atoms with van der Waals surface area (Å²) >= 11 is 0. The Bertz CT molecular complexity index is 1160. The summed E-state index contributed by atoms with van der Waals surface area (Å²) in [5.74, 6) is -4.50. The summed E-state index contributed by atoms with van der Waals surface area (Å²) < 4.78 is 35.4. The lowest BCUT2D eigenvalue weighted by Crippen LogP contribution is -2.48. The molecule has 3 aliphatic rings. The monoisotopic (exact) mass is 545 g/mol. The third-order valence-corrected chi connectivity index (χ3v) is 7.40. The van der Waals surface area contributed by atoms with E-state index in [0.717, 1.165) is 49.9 Å². The van der Waals surface area contributed by atoms with Crippen molar-refractivity contribution in [3.05, 3.63) is 48.1 Å². The fourth-order valence-electron chi connectivity index (χ4n) is 5.30. The van der Waals surface area contributed by atoms with Crippen molar-refractivity contribution in [2.45, 2.75) is 56.5 Å². The minimum Gasteiger partial charge on any atom is -0.495 e. The van der Waals surface area contributed by atoms with Gasteiger partial charge in [0, 0.05) is 37.4 Å². The van der Waals surface area contributed by atoms with Crippen LogP contribution in [-0.4, -0.2) is 79.2 Å². The first kappa shape index (κ1) is 28.3. The minimum atomic E-state index is -3.61. The fraction of sp³-hybridized carbons (Fsp3) is 0.519. The molecule has 2 amide bonds. The number of hydrogen-bond acceptors (Lipinski definition) is 7. The number of amides is 2. The van der Waals surface area contributed by atoms with Crippen molar-refractivity contribution in [3.63, 3.8) is 0 Å². The van der Waals surface area contributed by atoms with Gasteiger partial charge in [-0.3, -0.25) is 9.59 Å². The van der Waals surface area contributed by atoms with Crippen LogP contribution >= 0.6 is 0 Å². The van der Waals surface area contributed by atoms with Crippen molar-refractivity contribution in [2.24, 2.45) is 10.7 Å². The summed E-state index contributed by atoms with van der Waals surface area (Å²) in [7, 11) is 2.74. The summed E-state index contributed by atoms with van der Waals surface area (Å²) in [4.78, 5) is 32.2. The second-order valence-corrected chi connectivity index (χ2v) is 10.1. The van der Waals surface area contributed by atoms with Crippen LogP contribution in [0.5, 0.6) is 5.75 Å². The van der Waals surface area contributed by atoms with E-state index in [1.165, 1.54) is 19.1 Å². The molecule has 2 saturated heterocycles. The fourth-order valence-corrected chi connectivity index (χ4v) is 5.30. The third kappa shape index (κ3) is 6.32. The van der Waals surface area contributed by atoms with Crippen LogP contribution in [0.1, 0.15) is 48.9 Å². The first-order chi connectivity index (χ1) is 18.6. The second-order valence-electron chi connectivity index (χ2n) is 10.1. The van der Waals surface area contributed by atoms with E-state index in [-0.39, 0.29) is 35.3 Å². The Labute approximate surface area is 227 Å². The van der Waals surface area contributed by atoms with Gasteiger partial charge in [0.05, 0.1) is 19.3 Å². The molecule has 1 saturated carbocycles. The molecule has 10 nitrogen and oxygen atoms in total. The van der Waals surface area contributed by atoms with Gasteiger partial charge in [-0.25, -0.2) is 4.99 Å². The molecule has 0 bridgehead atoms. The van der Waals surface area contributed by atoms with Gasteiger partial charge in [0.2, 0.25) is 0 Å². The van der Waals surface area contributed by atoms with Crippen molar-refractivity contribution in [1.29, 1.82) is 0 Å². The highest BCUT2D eigenvalue weighted by Crippen LogP contribution is 2.33. The van der Waals surface area contributed by atoms with Crippen LogP contribution in [-0.2, 0) is 4.79 Å². The normalized spacial score (nSPS) is 24.1. The summed E-state index contributed by atoms with van der Waals surface area (Å²) in [5, 5.41) is 9.25. The molecule has 1 unspecified atom stereocenters. The molecule has 1 aromatic carbocycles. The highest BCUT2D eigenvalue weighted by atomic mass is 19.3. The van der Waals surface area contributed by atoms with E-state index < -0.39 is 18.4 Å². The van der Waals surface area contributed by atoms with Gasteiger partial charge in [-0.1, -0.05) is 25.8 Å². The first-order valence-electron chi connectivity index (χ1n) is 13.2. The molecule has 0 spiro atoms. The highest BCUT2D eigenvalue weighted by Gasteiger charge is 2.49. The Morgan fingerprint density at radius 3 is 2.67 bits per heavy atom. The van der Waals surface area contributed by atoms with Gasteiger partial charge in [0.25, 0.3) is 11.8 Å². The number of nitrogens with two attached hydrogens (primary N) is 1. The van der Waals surface area contributed by atoms with Crippen molar-refractivity contribution >= 4 is 23.3 Å². The molecular weight excluding hydrogens is 508 g/mol. The summed E-state index contributed by atoms with van der Waals surface area (Å²) in [6, 6.07) is 4.79. The average molecular weight is 546 g/mol. The molecule has 4 rings (SSSR count). The third-order valence-electron chi connectivity index (χ3n) is 7.40. The lowest BCUT2D eigenvalue weighted by atomic mass is 9.93. The number of halogens is 2. The second kappa shape index (κ2) is 12.0. The van der Waals surface area contributed by atoms with E-state index in [4.69, 9.17) is 10.5 Å². The Kier molecular flexibility index (Phi) is 8.73. The van der Waals surface area contributed by atoms with E-state index in [1.54, 1.807) is 18.2 Å². The predicted molar refractivity (Wildman–Crippen MR) is 145 cm³/mol. The number of aliphatic imine (C=N–C) groups is 1. The first-order valence-corrected chi connectivity index (χ1v) is 13.2. The maximum absolute atomic E-state index is 15.0. The van der Waals surface area contributed by atoms with Gasteiger partial charge in [-0.05, 0) is 44.0 Å². The summed E-state index contributed by atoms with van der Waals surface area (Å²) in [6.45, 7) is 4.77. The van der Waals surface area contributed by atoms with Crippen LogP contribution in [0, 0.1) is 0 Å². The zero-order chi connectivity index (χ0) is 28.2. The van der Waals surface area contributed by atoms with Crippen molar-refractivity contribution in [3.8, 4) is 5.75 Å². The van der Waals surface area contributed by atoms with E-state index in [9.17, 15) is 18.4 Å². The molecule has 1 aliphatic carbocycles. The maximum atomic E-state index is 15.0. The average Bonchev–Trinajstić information content (AvgIpc) is 3.42. The number of nitrogens with one attached hydrogen (secondary N) is 3. The Hall–Kier alpha value is -3.67. The molecule has 1 atom stereocenters. The molecule has 212 valence electrons. The lowest BCUT2D eigenvalue weighted by molar-refractivity contribution is -0.154. The molecule has 12 heteroatoms. The Morgan fingerprint density at radius 2 is 2.03 bits per heavy atom. The predicted octanol–water partition coefficient (Wildman–Crippen LogP) is 2.61. The number of nitrogens with zero attached hydrogens (tertiary/aromatic N) is 3. The van der Waals surface area contributed by atoms with Gasteiger partial charge in [-0.2, -0.15) is 8.78 Å². The number of likely N-dealkylation sites (N-methyl/N-ethyl adjacent to an activating group) is 1. The molecule has 1 aromatic rings. The number of amidine groups is 1. The van der Waals surface area contributed by atoms with E-state index >= 15 is 0 Å². The number of benzene rings is 1. The van der Waals surface area contributed by atoms with Crippen LogP contribution in [0.25, 0.3) is 0 Å². The highest BCUT2D eigenvalue weighted by molar-refractivity contribution is 6.05. The Morgan fingerprint density at radius 1 is 1.28 bits per heavy atom. The van der Waals surface area contributed by atoms with Crippen LogP contribution in [0.4, 0.5) is 14.5 Å². The molecule has 0 aromatic heterocycles. The standard InChI is InChI=1S/C27H37F2N7O3/c1-17(32-21-10-9-18(13-23(21)39-3)25(37)34-19-11-12-31-15-19)33-24-22(14-30)35(2)26(38)27(28,29)16-36(24)20-7-5-4-6-8-20/h9-10,13-14,19-20,31-32H,1,4-8,11-12,15-16,30H2,2-3H3,(H,34,37)/b22-14+,33-24+. The largest absolute Gasteiger partial charge is 0.495 e. The molecule has 2 heterocycles. The Balaban J connectivity index is 1.61. The van der Waals surface area contributed by atoms with E-state index in [1.807, 2.05) is 0 Å². The van der Waals surface area contributed by atoms with Crippen LogP contribution < -0.4 is 26.4 Å². The number of anilines is 1. The molecule has 3 fully saturated rings. The number of alkyl halides is 2. The maximum Gasteiger partial charge on any atom is 0.342 e. The van der Waals surface area contributed by atoms with Crippen molar-refractivity contribution in [1.82, 2.24) is 20.4 Å².